The summed E-state index contributed by atoms with van der Waals surface area (Å²) in [6, 6.07) is 6.72. The van der Waals surface area contributed by atoms with Gasteiger partial charge >= 0.3 is 0 Å². The van der Waals surface area contributed by atoms with Gasteiger partial charge in [-0.1, -0.05) is 12.1 Å². The molecule has 0 saturated heterocycles. The fourth-order valence-corrected chi connectivity index (χ4v) is 2.25. The predicted octanol–water partition coefficient (Wildman–Crippen LogP) is 2.74. The molecule has 1 saturated carbocycles. The van der Waals surface area contributed by atoms with Crippen molar-refractivity contribution >= 4 is 5.96 Å². The molecule has 0 atom stereocenters. The summed E-state index contributed by atoms with van der Waals surface area (Å²) in [6.07, 6.45) is 4.37. The van der Waals surface area contributed by atoms with Crippen molar-refractivity contribution in [1.29, 1.82) is 0 Å². The van der Waals surface area contributed by atoms with Gasteiger partial charge in [-0.15, -0.1) is 0 Å². The second-order valence-corrected chi connectivity index (χ2v) is 5.94. The van der Waals surface area contributed by atoms with E-state index in [4.69, 9.17) is 4.74 Å². The Balaban J connectivity index is 1.62. The Morgan fingerprint density at radius 1 is 1.35 bits per heavy atom. The van der Waals surface area contributed by atoms with Gasteiger partial charge in [0, 0.05) is 32.8 Å². The van der Waals surface area contributed by atoms with Gasteiger partial charge in [0.2, 0.25) is 0 Å². The average Bonchev–Trinajstić information content (AvgIpc) is 3.35. The Hall–Kier alpha value is -1.62. The number of ether oxygens (including phenoxy) is 1. The van der Waals surface area contributed by atoms with Crippen LogP contribution in [-0.4, -0.2) is 38.8 Å². The van der Waals surface area contributed by atoms with Crippen LogP contribution in [0.5, 0.6) is 0 Å². The molecule has 0 radical (unpaired) electrons. The van der Waals surface area contributed by atoms with E-state index in [9.17, 15) is 4.39 Å². The van der Waals surface area contributed by atoms with E-state index in [1.807, 2.05) is 13.0 Å². The summed E-state index contributed by atoms with van der Waals surface area (Å²) in [5, 5.41) is 6.51. The first-order chi connectivity index (χ1) is 11.3. The molecule has 128 valence electrons. The molecule has 0 heterocycles. The van der Waals surface area contributed by atoms with Crippen molar-refractivity contribution in [3.05, 3.63) is 35.6 Å². The van der Waals surface area contributed by atoms with Gasteiger partial charge in [-0.3, -0.25) is 4.99 Å². The van der Waals surface area contributed by atoms with Crippen LogP contribution in [0.15, 0.2) is 29.3 Å². The molecule has 0 amide bonds. The van der Waals surface area contributed by atoms with Crippen molar-refractivity contribution in [2.45, 2.75) is 32.6 Å². The standard InChI is InChI=1S/C18H28FN3O/c1-2-20-18(21-10-4-12-23-14-16-7-8-16)22-11-9-15-5-3-6-17(19)13-15/h3,5-6,13,16H,2,4,7-12,14H2,1H3,(H2,20,21,22). The van der Waals surface area contributed by atoms with Crippen molar-refractivity contribution < 1.29 is 9.13 Å². The van der Waals surface area contributed by atoms with E-state index >= 15 is 0 Å². The summed E-state index contributed by atoms with van der Waals surface area (Å²) in [6.45, 7) is 6.04. The second-order valence-electron chi connectivity index (χ2n) is 5.94. The zero-order valence-corrected chi connectivity index (χ0v) is 14.0. The van der Waals surface area contributed by atoms with Crippen LogP contribution < -0.4 is 10.6 Å². The Morgan fingerprint density at radius 2 is 2.22 bits per heavy atom. The zero-order valence-electron chi connectivity index (χ0n) is 14.0. The third-order valence-electron chi connectivity index (χ3n) is 3.71. The fraction of sp³-hybridized carbons (Fsp3) is 0.611. The first-order valence-electron chi connectivity index (χ1n) is 8.62. The van der Waals surface area contributed by atoms with Gasteiger partial charge < -0.3 is 15.4 Å². The first-order valence-corrected chi connectivity index (χ1v) is 8.62. The van der Waals surface area contributed by atoms with E-state index in [-0.39, 0.29) is 5.82 Å². The maximum absolute atomic E-state index is 13.1. The predicted molar refractivity (Wildman–Crippen MR) is 92.2 cm³/mol. The van der Waals surface area contributed by atoms with Crippen LogP contribution in [0.2, 0.25) is 0 Å². The third kappa shape index (κ3) is 7.98. The SMILES string of the molecule is CCNC(=NCCCOCC1CC1)NCCc1cccc(F)c1. The summed E-state index contributed by atoms with van der Waals surface area (Å²) in [5.74, 6) is 1.45. The molecule has 1 aliphatic rings. The Kier molecular flexibility index (Phi) is 7.87. The summed E-state index contributed by atoms with van der Waals surface area (Å²) in [5.41, 5.74) is 0.988. The number of halogens is 1. The van der Waals surface area contributed by atoms with Crippen molar-refractivity contribution in [2.75, 3.05) is 32.8 Å². The Labute approximate surface area is 138 Å². The molecule has 1 aromatic carbocycles. The molecule has 23 heavy (non-hydrogen) atoms. The molecule has 0 spiro atoms. The molecule has 0 unspecified atom stereocenters. The molecular formula is C18H28FN3O. The van der Waals surface area contributed by atoms with Crippen molar-refractivity contribution in [1.82, 2.24) is 10.6 Å². The van der Waals surface area contributed by atoms with Gasteiger partial charge in [0.15, 0.2) is 5.96 Å². The molecule has 2 N–H and O–H groups in total. The van der Waals surface area contributed by atoms with E-state index in [1.165, 1.54) is 18.9 Å². The largest absolute Gasteiger partial charge is 0.381 e. The number of nitrogens with one attached hydrogen (secondary N) is 2. The number of hydrogen-bond acceptors (Lipinski definition) is 2. The van der Waals surface area contributed by atoms with Gasteiger partial charge in [0.25, 0.3) is 0 Å². The highest BCUT2D eigenvalue weighted by atomic mass is 19.1. The minimum absolute atomic E-state index is 0.186. The van der Waals surface area contributed by atoms with Gasteiger partial charge in [0.05, 0.1) is 0 Å². The lowest BCUT2D eigenvalue weighted by atomic mass is 10.1. The number of aliphatic imine (C=N–C) groups is 1. The van der Waals surface area contributed by atoms with Crippen LogP contribution in [0, 0.1) is 11.7 Å². The van der Waals surface area contributed by atoms with Gasteiger partial charge in [-0.05, 0) is 56.2 Å². The molecule has 1 fully saturated rings. The number of rotatable bonds is 10. The lowest BCUT2D eigenvalue weighted by Gasteiger charge is -2.11. The molecule has 1 aliphatic carbocycles. The minimum atomic E-state index is -0.186. The number of benzene rings is 1. The molecule has 0 bridgehead atoms. The van der Waals surface area contributed by atoms with Crippen LogP contribution in [-0.2, 0) is 11.2 Å². The van der Waals surface area contributed by atoms with Gasteiger partial charge in [-0.25, -0.2) is 4.39 Å². The van der Waals surface area contributed by atoms with Crippen LogP contribution in [0.4, 0.5) is 4.39 Å². The summed E-state index contributed by atoms with van der Waals surface area (Å²) in [4.78, 5) is 4.53. The lowest BCUT2D eigenvalue weighted by molar-refractivity contribution is 0.123. The van der Waals surface area contributed by atoms with Crippen molar-refractivity contribution in [2.24, 2.45) is 10.9 Å². The van der Waals surface area contributed by atoms with E-state index in [0.717, 1.165) is 63.1 Å². The van der Waals surface area contributed by atoms with E-state index < -0.39 is 0 Å². The number of guanidine groups is 1. The van der Waals surface area contributed by atoms with Gasteiger partial charge in [0.1, 0.15) is 5.82 Å². The zero-order chi connectivity index (χ0) is 16.3. The highest BCUT2D eigenvalue weighted by Gasteiger charge is 2.20. The van der Waals surface area contributed by atoms with Crippen LogP contribution >= 0.6 is 0 Å². The molecule has 5 heteroatoms. The van der Waals surface area contributed by atoms with E-state index in [2.05, 4.69) is 15.6 Å². The molecular weight excluding hydrogens is 293 g/mol. The molecule has 1 aromatic rings. The monoisotopic (exact) mass is 321 g/mol. The number of hydrogen-bond donors (Lipinski definition) is 2. The molecule has 0 aliphatic heterocycles. The summed E-state index contributed by atoms with van der Waals surface area (Å²) in [7, 11) is 0. The Morgan fingerprint density at radius 3 is 2.96 bits per heavy atom. The average molecular weight is 321 g/mol. The van der Waals surface area contributed by atoms with Crippen LogP contribution in [0.1, 0.15) is 31.7 Å². The van der Waals surface area contributed by atoms with E-state index in [0.29, 0.717) is 0 Å². The summed E-state index contributed by atoms with van der Waals surface area (Å²) < 4.78 is 18.7. The number of nitrogens with zero attached hydrogens (tertiary/aromatic N) is 1. The topological polar surface area (TPSA) is 45.7 Å². The molecule has 0 aromatic heterocycles. The third-order valence-corrected chi connectivity index (χ3v) is 3.71. The Bertz CT molecular complexity index is 489. The normalized spacial score (nSPS) is 14.8. The van der Waals surface area contributed by atoms with Crippen molar-refractivity contribution in [3.8, 4) is 0 Å². The quantitative estimate of drug-likeness (QED) is 0.396. The highest BCUT2D eigenvalue weighted by molar-refractivity contribution is 5.79. The van der Waals surface area contributed by atoms with Crippen LogP contribution in [0.25, 0.3) is 0 Å². The van der Waals surface area contributed by atoms with E-state index in [1.54, 1.807) is 12.1 Å². The van der Waals surface area contributed by atoms with Crippen molar-refractivity contribution in [3.63, 3.8) is 0 Å². The fourth-order valence-electron chi connectivity index (χ4n) is 2.25. The minimum Gasteiger partial charge on any atom is -0.381 e. The highest BCUT2D eigenvalue weighted by Crippen LogP contribution is 2.28. The maximum Gasteiger partial charge on any atom is 0.191 e. The summed E-state index contributed by atoms with van der Waals surface area (Å²) >= 11 is 0. The van der Waals surface area contributed by atoms with Gasteiger partial charge in [-0.2, -0.15) is 0 Å². The lowest BCUT2D eigenvalue weighted by Crippen LogP contribution is -2.38. The second kappa shape index (κ2) is 10.2. The van der Waals surface area contributed by atoms with Crippen LogP contribution in [0.3, 0.4) is 0 Å². The maximum atomic E-state index is 13.1. The molecule has 4 nitrogen and oxygen atoms in total. The molecule has 2 rings (SSSR count). The smallest absolute Gasteiger partial charge is 0.191 e. The first kappa shape index (κ1) is 17.7.